The van der Waals surface area contributed by atoms with E-state index in [9.17, 15) is 4.79 Å². The zero-order valence-electron chi connectivity index (χ0n) is 17.1. The van der Waals surface area contributed by atoms with Crippen LogP contribution in [0, 0.1) is 10.8 Å². The Morgan fingerprint density at radius 1 is 1.24 bits per heavy atom. The number of nitrogens with zero attached hydrogens (tertiary/aromatic N) is 1. The Bertz CT molecular complexity index is 474. The van der Waals surface area contributed by atoms with Gasteiger partial charge in [0, 0.05) is 37.1 Å². The van der Waals surface area contributed by atoms with E-state index in [-0.39, 0.29) is 46.3 Å². The first-order valence-corrected chi connectivity index (χ1v) is 8.86. The molecule has 1 saturated carbocycles. The maximum absolute atomic E-state index is 11.9. The lowest BCUT2D eigenvalue weighted by atomic mass is 9.56. The fourth-order valence-electron chi connectivity index (χ4n) is 2.81. The highest BCUT2D eigenvalue weighted by Gasteiger charge is 2.58. The Kier molecular flexibility index (Phi) is 9.18. The molecule has 1 aliphatic carbocycles. The topological polar surface area (TPSA) is 74.8 Å². The van der Waals surface area contributed by atoms with Gasteiger partial charge in [0.05, 0.1) is 12.1 Å². The molecule has 0 radical (unpaired) electrons. The minimum atomic E-state index is -0.368. The van der Waals surface area contributed by atoms with Crippen LogP contribution in [0.2, 0.25) is 0 Å². The van der Waals surface area contributed by atoms with E-state index in [0.717, 1.165) is 18.9 Å². The molecular formula is C18H37IN4O2. The summed E-state index contributed by atoms with van der Waals surface area (Å²) in [6.07, 6.45) is 0.946. The molecule has 2 unspecified atom stereocenters. The van der Waals surface area contributed by atoms with Crippen molar-refractivity contribution in [3.8, 4) is 0 Å². The molecule has 148 valence electrons. The van der Waals surface area contributed by atoms with Crippen LogP contribution >= 0.6 is 24.0 Å². The molecule has 1 aliphatic rings. The third-order valence-corrected chi connectivity index (χ3v) is 5.28. The molecule has 2 atom stereocenters. The molecule has 0 heterocycles. The van der Waals surface area contributed by atoms with Gasteiger partial charge in [-0.05, 0) is 20.3 Å². The lowest BCUT2D eigenvalue weighted by molar-refractivity contribution is -0.176. The van der Waals surface area contributed by atoms with Crippen LogP contribution in [0.15, 0.2) is 4.99 Å². The summed E-state index contributed by atoms with van der Waals surface area (Å²) in [7, 11) is 1.77. The van der Waals surface area contributed by atoms with Gasteiger partial charge < -0.3 is 20.7 Å². The van der Waals surface area contributed by atoms with Crippen molar-refractivity contribution in [2.75, 3.05) is 26.7 Å². The fraction of sp³-hybridized carbons (Fsp3) is 0.889. The van der Waals surface area contributed by atoms with Gasteiger partial charge in [-0.15, -0.1) is 24.0 Å². The van der Waals surface area contributed by atoms with Crippen LogP contribution in [-0.4, -0.2) is 50.3 Å². The molecule has 0 spiro atoms. The van der Waals surface area contributed by atoms with E-state index >= 15 is 0 Å². The van der Waals surface area contributed by atoms with E-state index in [2.05, 4.69) is 41.7 Å². The number of guanidine groups is 1. The van der Waals surface area contributed by atoms with Crippen molar-refractivity contribution in [2.24, 2.45) is 15.8 Å². The highest BCUT2D eigenvalue weighted by Crippen LogP contribution is 2.51. The maximum atomic E-state index is 11.9. The highest BCUT2D eigenvalue weighted by atomic mass is 127. The van der Waals surface area contributed by atoms with Crippen molar-refractivity contribution in [1.29, 1.82) is 0 Å². The van der Waals surface area contributed by atoms with Crippen LogP contribution in [0.25, 0.3) is 0 Å². The van der Waals surface area contributed by atoms with Crippen LogP contribution in [0.5, 0.6) is 0 Å². The summed E-state index contributed by atoms with van der Waals surface area (Å²) in [4.78, 5) is 16.4. The van der Waals surface area contributed by atoms with Gasteiger partial charge in [-0.3, -0.25) is 9.79 Å². The minimum Gasteiger partial charge on any atom is -0.378 e. The van der Waals surface area contributed by atoms with Crippen LogP contribution in [0.1, 0.15) is 54.9 Å². The van der Waals surface area contributed by atoms with Crippen LogP contribution in [0.3, 0.4) is 0 Å². The number of aliphatic imine (C=N–C) groups is 1. The second-order valence-corrected chi connectivity index (χ2v) is 8.32. The normalized spacial score (nSPS) is 25.4. The molecule has 7 heteroatoms. The number of hydrogen-bond donors (Lipinski definition) is 3. The Balaban J connectivity index is 0.00000576. The van der Waals surface area contributed by atoms with Crippen molar-refractivity contribution in [1.82, 2.24) is 16.0 Å². The third-order valence-electron chi connectivity index (χ3n) is 5.28. The third kappa shape index (κ3) is 5.98. The summed E-state index contributed by atoms with van der Waals surface area (Å²) in [5, 5.41) is 9.69. The summed E-state index contributed by atoms with van der Waals surface area (Å²) in [6.45, 7) is 16.2. The van der Waals surface area contributed by atoms with Gasteiger partial charge in [0.15, 0.2) is 5.96 Å². The minimum absolute atomic E-state index is 0. The first-order chi connectivity index (χ1) is 11.0. The zero-order valence-corrected chi connectivity index (χ0v) is 19.4. The smallest absolute Gasteiger partial charge is 0.225 e. The molecule has 3 N–H and O–H groups in total. The highest BCUT2D eigenvalue weighted by molar-refractivity contribution is 14.0. The number of methoxy groups -OCH3 is 1. The summed E-state index contributed by atoms with van der Waals surface area (Å²) in [5.41, 5.74) is -0.450. The van der Waals surface area contributed by atoms with Crippen LogP contribution in [0.4, 0.5) is 0 Å². The van der Waals surface area contributed by atoms with Gasteiger partial charge in [-0.2, -0.15) is 0 Å². The number of nitrogens with one attached hydrogen (secondary N) is 3. The number of carbonyl (C=O) groups excluding carboxylic acids is 1. The molecule has 0 aromatic rings. The number of rotatable bonds is 6. The average Bonchev–Trinajstić information content (AvgIpc) is 2.49. The van der Waals surface area contributed by atoms with Crippen molar-refractivity contribution >= 4 is 35.8 Å². The first kappa shape index (κ1) is 24.4. The van der Waals surface area contributed by atoms with Crippen molar-refractivity contribution < 1.29 is 9.53 Å². The summed E-state index contributed by atoms with van der Waals surface area (Å²) >= 11 is 0. The van der Waals surface area contributed by atoms with Crippen LogP contribution < -0.4 is 16.0 Å². The number of halogens is 1. The lowest BCUT2D eigenvalue weighted by Crippen LogP contribution is -2.69. The number of ether oxygens (including phenoxy) is 1. The summed E-state index contributed by atoms with van der Waals surface area (Å²) < 4.78 is 5.67. The molecule has 1 rings (SSSR count). The molecule has 0 aliphatic heterocycles. The number of hydrogen-bond acceptors (Lipinski definition) is 3. The Morgan fingerprint density at radius 2 is 1.84 bits per heavy atom. The largest absolute Gasteiger partial charge is 0.378 e. The maximum Gasteiger partial charge on any atom is 0.225 e. The summed E-state index contributed by atoms with van der Waals surface area (Å²) in [5.74, 6) is 0.838. The molecule has 1 amide bonds. The van der Waals surface area contributed by atoms with E-state index in [1.54, 1.807) is 7.11 Å². The van der Waals surface area contributed by atoms with Gasteiger partial charge in [0.2, 0.25) is 5.91 Å². The van der Waals surface area contributed by atoms with E-state index in [0.29, 0.717) is 19.1 Å². The molecule has 0 saturated heterocycles. The molecule has 0 bridgehead atoms. The first-order valence-electron chi connectivity index (χ1n) is 8.86. The molecule has 1 fully saturated rings. The zero-order chi connectivity index (χ0) is 18.6. The number of carbonyl (C=O) groups is 1. The SMILES string of the molecule is CCNC(=NCCNC(=O)C(C)(C)C)NC1CC(C)(OC)C1(C)C.I. The quantitative estimate of drug-likeness (QED) is 0.243. The monoisotopic (exact) mass is 468 g/mol. The van der Waals surface area contributed by atoms with E-state index < -0.39 is 0 Å². The average molecular weight is 468 g/mol. The van der Waals surface area contributed by atoms with Gasteiger partial charge >= 0.3 is 0 Å². The van der Waals surface area contributed by atoms with E-state index in [4.69, 9.17) is 4.74 Å². The lowest BCUT2D eigenvalue weighted by Gasteiger charge is -2.59. The van der Waals surface area contributed by atoms with Crippen molar-refractivity contribution in [3.05, 3.63) is 0 Å². The van der Waals surface area contributed by atoms with Gasteiger partial charge in [0.25, 0.3) is 0 Å². The molecular weight excluding hydrogens is 431 g/mol. The second-order valence-electron chi connectivity index (χ2n) is 8.32. The van der Waals surface area contributed by atoms with Gasteiger partial charge in [-0.25, -0.2) is 0 Å². The van der Waals surface area contributed by atoms with Crippen molar-refractivity contribution in [3.63, 3.8) is 0 Å². The fourth-order valence-corrected chi connectivity index (χ4v) is 2.81. The van der Waals surface area contributed by atoms with E-state index in [1.807, 2.05) is 27.7 Å². The number of amides is 1. The molecule has 6 nitrogen and oxygen atoms in total. The Hall–Kier alpha value is -0.570. The van der Waals surface area contributed by atoms with Crippen LogP contribution in [-0.2, 0) is 9.53 Å². The van der Waals surface area contributed by atoms with Gasteiger partial charge in [0.1, 0.15) is 0 Å². The molecule has 0 aromatic heterocycles. The Morgan fingerprint density at radius 3 is 2.28 bits per heavy atom. The Labute approximate surface area is 170 Å². The predicted octanol–water partition coefficient (Wildman–Crippen LogP) is 2.53. The standard InChI is InChI=1S/C18H36N4O2.HI/c1-9-19-15(21-11-10-20-14(23)16(2,3)4)22-13-12-18(7,24-8)17(13,5)6;/h13H,9-12H2,1-8H3,(H,20,23)(H2,19,21,22);1H. The second kappa shape index (κ2) is 9.39. The van der Waals surface area contributed by atoms with Gasteiger partial charge in [-0.1, -0.05) is 34.6 Å². The summed E-state index contributed by atoms with van der Waals surface area (Å²) in [6, 6.07) is 0.310. The van der Waals surface area contributed by atoms with Crippen molar-refractivity contribution in [2.45, 2.75) is 66.5 Å². The molecule has 25 heavy (non-hydrogen) atoms. The molecule has 0 aromatic carbocycles. The predicted molar refractivity (Wildman–Crippen MR) is 115 cm³/mol. The van der Waals surface area contributed by atoms with E-state index in [1.165, 1.54) is 0 Å².